The summed E-state index contributed by atoms with van der Waals surface area (Å²) in [6, 6.07) is 0. The maximum absolute atomic E-state index is 9.60. The number of rotatable bonds is 8. The lowest BCUT2D eigenvalue weighted by Crippen LogP contribution is -1.92. The number of carboxylic acids is 1. The third-order valence-electron chi connectivity index (χ3n) is 1.63. The van der Waals surface area contributed by atoms with Crippen LogP contribution in [0.25, 0.3) is 0 Å². The van der Waals surface area contributed by atoms with Crippen molar-refractivity contribution in [1.82, 2.24) is 0 Å². The van der Waals surface area contributed by atoms with Crippen LogP contribution in [-0.4, -0.2) is 47.7 Å². The summed E-state index contributed by atoms with van der Waals surface area (Å²) in [6.07, 6.45) is 3.72. The SMILES string of the molecule is C=C(C)C(=O)O.CCCOCCC.OCCCCO. The third kappa shape index (κ3) is 38.2. The molecule has 0 aromatic heterocycles. The van der Waals surface area contributed by atoms with Crippen LogP contribution in [0.1, 0.15) is 46.5 Å². The first-order chi connectivity index (χ1) is 8.97. The van der Waals surface area contributed by atoms with Crippen LogP contribution < -0.4 is 0 Å². The molecule has 19 heavy (non-hydrogen) atoms. The van der Waals surface area contributed by atoms with Crippen molar-refractivity contribution in [3.05, 3.63) is 12.2 Å². The maximum Gasteiger partial charge on any atom is 0.330 e. The molecule has 0 aromatic carbocycles. The smallest absolute Gasteiger partial charge is 0.330 e. The molecule has 0 heterocycles. The molecule has 0 aliphatic carbocycles. The molecule has 0 atom stereocenters. The van der Waals surface area contributed by atoms with Crippen molar-refractivity contribution >= 4 is 5.97 Å². The molecule has 0 bridgehead atoms. The van der Waals surface area contributed by atoms with Gasteiger partial charge >= 0.3 is 5.97 Å². The molecule has 5 nitrogen and oxygen atoms in total. The molecule has 0 radical (unpaired) electrons. The molecule has 0 saturated heterocycles. The van der Waals surface area contributed by atoms with Gasteiger partial charge in [-0.25, -0.2) is 4.79 Å². The van der Waals surface area contributed by atoms with Gasteiger partial charge in [-0.05, 0) is 32.6 Å². The minimum absolute atomic E-state index is 0.176. The van der Waals surface area contributed by atoms with Crippen LogP contribution in [-0.2, 0) is 9.53 Å². The Morgan fingerprint density at radius 3 is 1.53 bits per heavy atom. The van der Waals surface area contributed by atoms with Crippen molar-refractivity contribution in [2.45, 2.75) is 46.5 Å². The van der Waals surface area contributed by atoms with Crippen LogP contribution >= 0.6 is 0 Å². The fourth-order valence-corrected chi connectivity index (χ4v) is 0.614. The summed E-state index contributed by atoms with van der Waals surface area (Å²) in [5, 5.41) is 24.1. The van der Waals surface area contributed by atoms with E-state index in [1.165, 1.54) is 6.92 Å². The molecular formula is C14H30O5. The van der Waals surface area contributed by atoms with Gasteiger partial charge in [0.05, 0.1) is 0 Å². The Morgan fingerprint density at radius 1 is 1.05 bits per heavy atom. The van der Waals surface area contributed by atoms with Gasteiger partial charge in [0, 0.05) is 32.0 Å². The van der Waals surface area contributed by atoms with Gasteiger partial charge in [0.25, 0.3) is 0 Å². The zero-order valence-corrected chi connectivity index (χ0v) is 12.5. The minimum atomic E-state index is -0.935. The van der Waals surface area contributed by atoms with E-state index in [0.717, 1.165) is 38.9 Å². The highest BCUT2D eigenvalue weighted by atomic mass is 16.5. The molecule has 0 rings (SSSR count). The van der Waals surface area contributed by atoms with Gasteiger partial charge in [-0.15, -0.1) is 0 Å². The molecule has 0 unspecified atom stereocenters. The average Bonchev–Trinajstić information content (AvgIpc) is 2.38. The number of carbonyl (C=O) groups is 1. The largest absolute Gasteiger partial charge is 0.478 e. The fraction of sp³-hybridized carbons (Fsp3) is 0.786. The first-order valence-electron chi connectivity index (χ1n) is 6.66. The topological polar surface area (TPSA) is 87.0 Å². The Kier molecular flexibility index (Phi) is 27.2. The summed E-state index contributed by atoms with van der Waals surface area (Å²) in [5.41, 5.74) is 0.176. The van der Waals surface area contributed by atoms with Crippen molar-refractivity contribution in [1.29, 1.82) is 0 Å². The van der Waals surface area contributed by atoms with Crippen LogP contribution in [0.2, 0.25) is 0 Å². The summed E-state index contributed by atoms with van der Waals surface area (Å²) in [7, 11) is 0. The van der Waals surface area contributed by atoms with E-state index in [2.05, 4.69) is 20.4 Å². The Hall–Kier alpha value is -0.910. The molecule has 0 aromatic rings. The third-order valence-corrected chi connectivity index (χ3v) is 1.63. The molecule has 0 aliphatic heterocycles. The summed E-state index contributed by atoms with van der Waals surface area (Å²) >= 11 is 0. The number of aliphatic carboxylic acids is 1. The highest BCUT2D eigenvalue weighted by molar-refractivity contribution is 5.84. The normalized spacial score (nSPS) is 8.68. The first kappa shape index (κ1) is 23.2. The monoisotopic (exact) mass is 278 g/mol. The van der Waals surface area contributed by atoms with Gasteiger partial charge in [-0.3, -0.25) is 0 Å². The van der Waals surface area contributed by atoms with Crippen LogP contribution in [0.15, 0.2) is 12.2 Å². The number of ether oxygens (including phenoxy) is 1. The number of hydrogen-bond acceptors (Lipinski definition) is 4. The van der Waals surface area contributed by atoms with Crippen molar-refractivity contribution in [2.24, 2.45) is 0 Å². The predicted molar refractivity (Wildman–Crippen MR) is 77.3 cm³/mol. The van der Waals surface area contributed by atoms with E-state index in [-0.39, 0.29) is 18.8 Å². The number of aliphatic hydroxyl groups is 2. The average molecular weight is 278 g/mol. The molecule has 0 fully saturated rings. The summed E-state index contributed by atoms with van der Waals surface area (Å²) in [4.78, 5) is 9.60. The second kappa shape index (κ2) is 22.3. The standard InChI is InChI=1S/C6H14O.C4H6O2.C4H10O2/c1-3-5-7-6-4-2;1-3(2)4(5)6;5-3-1-2-4-6/h3-6H2,1-2H3;1H2,2H3,(H,5,6);5-6H,1-4H2. The van der Waals surface area contributed by atoms with Crippen molar-refractivity contribution in [2.75, 3.05) is 26.4 Å². The highest BCUT2D eigenvalue weighted by Crippen LogP contribution is 1.82. The van der Waals surface area contributed by atoms with Crippen LogP contribution in [0, 0.1) is 0 Å². The number of carboxylic acid groups (broad SMARTS) is 1. The number of aliphatic hydroxyl groups excluding tert-OH is 2. The lowest BCUT2D eigenvalue weighted by molar-refractivity contribution is -0.132. The van der Waals surface area contributed by atoms with Gasteiger partial charge in [-0.1, -0.05) is 20.4 Å². The Morgan fingerprint density at radius 2 is 1.37 bits per heavy atom. The van der Waals surface area contributed by atoms with Crippen LogP contribution in [0.3, 0.4) is 0 Å². The molecule has 5 heteroatoms. The number of hydrogen-bond donors (Lipinski definition) is 3. The molecule has 3 N–H and O–H groups in total. The second-order valence-corrected chi connectivity index (χ2v) is 3.85. The van der Waals surface area contributed by atoms with Gasteiger partial charge < -0.3 is 20.1 Å². The number of unbranched alkanes of at least 4 members (excludes halogenated alkanes) is 1. The van der Waals surface area contributed by atoms with Gasteiger partial charge in [0.1, 0.15) is 0 Å². The van der Waals surface area contributed by atoms with Crippen molar-refractivity contribution in [3.8, 4) is 0 Å². The molecule has 0 spiro atoms. The van der Waals surface area contributed by atoms with E-state index >= 15 is 0 Å². The lowest BCUT2D eigenvalue weighted by Gasteiger charge is -1.95. The van der Waals surface area contributed by atoms with Crippen LogP contribution in [0.5, 0.6) is 0 Å². The lowest BCUT2D eigenvalue weighted by atomic mass is 10.3. The molecule has 0 saturated carbocycles. The summed E-state index contributed by atoms with van der Waals surface area (Å²) in [5.74, 6) is -0.935. The molecule has 0 amide bonds. The molecule has 116 valence electrons. The first-order valence-corrected chi connectivity index (χ1v) is 6.66. The van der Waals surface area contributed by atoms with Crippen molar-refractivity contribution < 1.29 is 24.9 Å². The zero-order chi connectivity index (χ0) is 15.5. The zero-order valence-electron chi connectivity index (χ0n) is 12.5. The Labute approximate surface area is 116 Å². The Balaban J connectivity index is -0.000000203. The van der Waals surface area contributed by atoms with E-state index in [1.54, 1.807) is 0 Å². The summed E-state index contributed by atoms with van der Waals surface area (Å²) < 4.78 is 5.13. The minimum Gasteiger partial charge on any atom is -0.478 e. The maximum atomic E-state index is 9.60. The second-order valence-electron chi connectivity index (χ2n) is 3.85. The Bertz CT molecular complexity index is 172. The fourth-order valence-electron chi connectivity index (χ4n) is 0.614. The van der Waals surface area contributed by atoms with Crippen LogP contribution in [0.4, 0.5) is 0 Å². The quantitative estimate of drug-likeness (QED) is 0.468. The van der Waals surface area contributed by atoms with E-state index < -0.39 is 5.97 Å². The predicted octanol–water partition coefficient (Wildman–Crippen LogP) is 2.22. The molecule has 0 aliphatic rings. The molecular weight excluding hydrogens is 248 g/mol. The van der Waals surface area contributed by atoms with E-state index in [4.69, 9.17) is 20.1 Å². The highest BCUT2D eigenvalue weighted by Gasteiger charge is 1.90. The van der Waals surface area contributed by atoms with E-state index in [0.29, 0.717) is 0 Å². The van der Waals surface area contributed by atoms with Gasteiger partial charge in [0.2, 0.25) is 0 Å². The summed E-state index contributed by atoms with van der Waals surface area (Å²) in [6.45, 7) is 11.1. The van der Waals surface area contributed by atoms with Gasteiger partial charge in [0.15, 0.2) is 0 Å². The van der Waals surface area contributed by atoms with E-state index in [9.17, 15) is 4.79 Å². The van der Waals surface area contributed by atoms with Gasteiger partial charge in [-0.2, -0.15) is 0 Å². The van der Waals surface area contributed by atoms with E-state index in [1.807, 2.05) is 0 Å². The van der Waals surface area contributed by atoms with Crippen molar-refractivity contribution in [3.63, 3.8) is 0 Å².